The molecule has 0 atom stereocenters. The van der Waals surface area contributed by atoms with Crippen LogP contribution in [-0.4, -0.2) is 27.1 Å². The van der Waals surface area contributed by atoms with Gasteiger partial charge in [-0.25, -0.2) is 4.98 Å². The first-order valence-electron chi connectivity index (χ1n) is 11.1. The largest absolute Gasteiger partial charge is 0.481 e. The summed E-state index contributed by atoms with van der Waals surface area (Å²) in [4.78, 5) is 27.3. The molecule has 0 radical (unpaired) electrons. The van der Waals surface area contributed by atoms with Crippen molar-refractivity contribution >= 4 is 84.3 Å². The molecule has 6 nitrogen and oxygen atoms in total. The molecule has 0 saturated heterocycles. The highest BCUT2D eigenvalue weighted by Gasteiger charge is 2.25. The number of allylic oxidation sites excluding steroid dienone is 1. The van der Waals surface area contributed by atoms with Crippen molar-refractivity contribution in [3.05, 3.63) is 61.5 Å². The first-order chi connectivity index (χ1) is 16.7. The molecular formula is C25H23Cl2N2O4S2+. The number of aromatic nitrogens is 2. The van der Waals surface area contributed by atoms with Crippen molar-refractivity contribution in [1.82, 2.24) is 4.98 Å². The van der Waals surface area contributed by atoms with Gasteiger partial charge in [0.05, 0.1) is 20.2 Å². The van der Waals surface area contributed by atoms with Gasteiger partial charge >= 0.3 is 11.9 Å². The lowest BCUT2D eigenvalue weighted by molar-refractivity contribution is -0.668. The number of carboxylic acids is 2. The molecule has 2 N–H and O–H groups in total. The number of hydrogen-bond acceptors (Lipinski definition) is 5. The van der Waals surface area contributed by atoms with Gasteiger partial charge in [-0.3, -0.25) is 9.59 Å². The zero-order chi connectivity index (χ0) is 25.1. The second-order valence-corrected chi connectivity index (χ2v) is 11.1. The molecule has 10 heteroatoms. The average molecular weight is 551 g/mol. The van der Waals surface area contributed by atoms with Crippen LogP contribution in [0.4, 0.5) is 0 Å². The lowest BCUT2D eigenvalue weighted by atomic mass is 10.1. The molecule has 0 unspecified atom stereocenters. The van der Waals surface area contributed by atoms with Gasteiger partial charge in [0.25, 0.3) is 5.01 Å². The third kappa shape index (κ3) is 6.01. The summed E-state index contributed by atoms with van der Waals surface area (Å²) in [5, 5.41) is 21.6. The van der Waals surface area contributed by atoms with Crippen LogP contribution in [-0.2, 0) is 29.0 Å². The normalized spacial score (nSPS) is 12.0. The van der Waals surface area contributed by atoms with Gasteiger partial charge in [-0.2, -0.15) is 4.57 Å². The van der Waals surface area contributed by atoms with E-state index in [1.54, 1.807) is 28.7 Å². The van der Waals surface area contributed by atoms with Crippen molar-refractivity contribution in [2.75, 3.05) is 0 Å². The van der Waals surface area contributed by atoms with E-state index >= 15 is 0 Å². The predicted octanol–water partition coefficient (Wildman–Crippen LogP) is 6.63. The summed E-state index contributed by atoms with van der Waals surface area (Å²) in [6, 6.07) is 9.38. The van der Waals surface area contributed by atoms with Gasteiger partial charge in [-0.05, 0) is 43.2 Å². The van der Waals surface area contributed by atoms with Gasteiger partial charge in [0.1, 0.15) is 11.1 Å². The van der Waals surface area contributed by atoms with Crippen LogP contribution < -0.4 is 4.57 Å². The van der Waals surface area contributed by atoms with Crippen molar-refractivity contribution in [1.29, 1.82) is 0 Å². The van der Waals surface area contributed by atoms with Crippen LogP contribution in [0.1, 0.15) is 41.8 Å². The van der Waals surface area contributed by atoms with Crippen molar-refractivity contribution in [2.45, 2.75) is 45.6 Å². The van der Waals surface area contributed by atoms with Gasteiger partial charge in [-0.1, -0.05) is 47.0 Å². The Kier molecular flexibility index (Phi) is 8.06. The van der Waals surface area contributed by atoms with E-state index in [-0.39, 0.29) is 25.8 Å². The van der Waals surface area contributed by atoms with Crippen LogP contribution in [0.15, 0.2) is 35.9 Å². The molecule has 4 rings (SSSR count). The molecule has 0 saturated carbocycles. The van der Waals surface area contributed by atoms with E-state index in [9.17, 15) is 19.8 Å². The lowest BCUT2D eigenvalue weighted by Crippen LogP contribution is -2.37. The Hall–Kier alpha value is -2.52. The molecule has 0 fully saturated rings. The van der Waals surface area contributed by atoms with Crippen molar-refractivity contribution in [2.24, 2.45) is 0 Å². The topological polar surface area (TPSA) is 91.4 Å². The van der Waals surface area contributed by atoms with Crippen LogP contribution in [0.25, 0.3) is 26.5 Å². The highest BCUT2D eigenvalue weighted by atomic mass is 35.5. The number of hydrogen-bond donors (Lipinski definition) is 2. The van der Waals surface area contributed by atoms with Gasteiger partial charge in [-0.15, -0.1) is 11.3 Å². The zero-order valence-corrected chi connectivity index (χ0v) is 22.0. The van der Waals surface area contributed by atoms with Crippen molar-refractivity contribution in [3.8, 4) is 0 Å². The lowest BCUT2D eigenvalue weighted by Gasteiger charge is -2.04. The maximum absolute atomic E-state index is 11.4. The molecular weight excluding hydrogens is 527 g/mol. The molecule has 0 amide bonds. The number of thiazole rings is 2. The van der Waals surface area contributed by atoms with Crippen LogP contribution >= 0.6 is 45.9 Å². The maximum Gasteiger partial charge on any atom is 0.309 e. The van der Waals surface area contributed by atoms with Gasteiger partial charge in [0.15, 0.2) is 6.54 Å². The predicted molar refractivity (Wildman–Crippen MR) is 142 cm³/mol. The molecule has 0 aliphatic rings. The minimum Gasteiger partial charge on any atom is -0.481 e. The molecule has 182 valence electrons. The fourth-order valence-corrected chi connectivity index (χ4v) is 6.55. The number of fused-ring (bicyclic) bond motifs is 2. The third-order valence-electron chi connectivity index (χ3n) is 5.63. The van der Waals surface area contributed by atoms with Gasteiger partial charge < -0.3 is 10.2 Å². The minimum atomic E-state index is -0.907. The van der Waals surface area contributed by atoms with Crippen LogP contribution in [0.3, 0.4) is 0 Å². The summed E-state index contributed by atoms with van der Waals surface area (Å²) in [5.41, 5.74) is 3.57. The number of nitrogens with zero attached hydrogens (tertiary/aromatic N) is 2. The highest BCUT2D eigenvalue weighted by Crippen LogP contribution is 2.32. The van der Waals surface area contributed by atoms with E-state index in [2.05, 4.69) is 13.0 Å². The van der Waals surface area contributed by atoms with Crippen molar-refractivity contribution in [3.63, 3.8) is 0 Å². The second kappa shape index (κ2) is 11.0. The number of rotatable bonds is 10. The summed E-state index contributed by atoms with van der Waals surface area (Å²) in [6.45, 7) is 2.35. The second-order valence-electron chi connectivity index (χ2n) is 8.05. The Labute approximate surface area is 220 Å². The van der Waals surface area contributed by atoms with Crippen LogP contribution in [0.5, 0.6) is 0 Å². The fourth-order valence-electron chi connectivity index (χ4n) is 3.92. The van der Waals surface area contributed by atoms with Crippen LogP contribution in [0.2, 0.25) is 10.0 Å². The Bertz CT molecular complexity index is 1460. The molecule has 0 spiro atoms. The summed E-state index contributed by atoms with van der Waals surface area (Å²) in [7, 11) is 0. The summed E-state index contributed by atoms with van der Waals surface area (Å²) < 4.78 is 3.98. The SMILES string of the molecule is CCC(=Cc1sc2ccc(Cl)c(CCC(=O)O)c2[n+]1CCC(=O)O)Cc1nc2cc(Cl)ccc2s1. The van der Waals surface area contributed by atoms with Gasteiger partial charge in [0, 0.05) is 29.5 Å². The quantitative estimate of drug-likeness (QED) is 0.216. The average Bonchev–Trinajstić information content (AvgIpc) is 3.36. The molecule has 0 bridgehead atoms. The Morgan fingerprint density at radius 1 is 1.06 bits per heavy atom. The standard InChI is InChI=1S/C25H22Cl2N2O4S2/c1-2-14(11-21-28-18-13-15(26)3-6-19(18)34-21)12-22-29(10-9-24(32)33)25-16(4-8-23(30)31)17(27)5-7-20(25)35-22/h3,5-7,12-13H,2,4,8-11H2,1H3,(H-,30,31,32,33)/p+1. The van der Waals surface area contributed by atoms with E-state index < -0.39 is 11.9 Å². The van der Waals surface area contributed by atoms with Crippen molar-refractivity contribution < 1.29 is 24.4 Å². The van der Waals surface area contributed by atoms with E-state index in [0.717, 1.165) is 48.0 Å². The summed E-state index contributed by atoms with van der Waals surface area (Å²) >= 11 is 15.8. The molecule has 0 aliphatic carbocycles. The number of carboxylic acid groups (broad SMARTS) is 2. The monoisotopic (exact) mass is 549 g/mol. The Morgan fingerprint density at radius 3 is 2.51 bits per heavy atom. The maximum atomic E-state index is 11.4. The Balaban J connectivity index is 1.77. The Morgan fingerprint density at radius 2 is 1.80 bits per heavy atom. The first-order valence-corrected chi connectivity index (χ1v) is 13.5. The fraction of sp³-hybridized carbons (Fsp3) is 0.280. The van der Waals surface area contributed by atoms with Crippen LogP contribution in [0, 0.1) is 0 Å². The molecule has 2 heterocycles. The number of aliphatic carboxylic acids is 2. The number of benzene rings is 2. The number of carbonyl (C=O) groups is 2. The van der Waals surface area contributed by atoms with E-state index in [0.29, 0.717) is 16.5 Å². The summed E-state index contributed by atoms with van der Waals surface area (Å²) in [5.74, 6) is -1.80. The molecule has 0 aliphatic heterocycles. The van der Waals surface area contributed by atoms with E-state index in [1.165, 1.54) is 0 Å². The molecule has 2 aromatic heterocycles. The smallest absolute Gasteiger partial charge is 0.309 e. The zero-order valence-electron chi connectivity index (χ0n) is 18.9. The van der Waals surface area contributed by atoms with E-state index in [4.69, 9.17) is 28.2 Å². The minimum absolute atomic E-state index is 0.0533. The summed E-state index contributed by atoms with van der Waals surface area (Å²) in [6.07, 6.45) is 3.74. The van der Waals surface area contributed by atoms with E-state index in [1.807, 2.05) is 28.8 Å². The number of aryl methyl sites for hydroxylation is 2. The first kappa shape index (κ1) is 25.6. The number of halogens is 2. The highest BCUT2D eigenvalue weighted by molar-refractivity contribution is 7.19. The molecule has 2 aromatic carbocycles. The molecule has 35 heavy (non-hydrogen) atoms. The molecule has 4 aromatic rings. The van der Waals surface area contributed by atoms with Gasteiger partial charge in [0.2, 0.25) is 5.52 Å². The third-order valence-corrected chi connectivity index (χ3v) is 8.35.